The van der Waals surface area contributed by atoms with Crippen LogP contribution in [0.1, 0.15) is 22.2 Å². The molecule has 1 aliphatic rings. The minimum Gasteiger partial charge on any atom is -0.496 e. The van der Waals surface area contributed by atoms with Gasteiger partial charge in [0.05, 0.1) is 43.3 Å². The third kappa shape index (κ3) is 3.84. The molecule has 0 saturated carbocycles. The number of ether oxygens (including phenoxy) is 2. The van der Waals surface area contributed by atoms with E-state index in [1.807, 2.05) is 30.5 Å². The minimum atomic E-state index is -0.217. The van der Waals surface area contributed by atoms with Crippen LogP contribution >= 0.6 is 23.5 Å². The molecule has 140 valence electrons. The van der Waals surface area contributed by atoms with E-state index < -0.39 is 0 Å². The second kappa shape index (κ2) is 8.55. The molecule has 1 aliphatic heterocycles. The molecule has 1 amide bonds. The summed E-state index contributed by atoms with van der Waals surface area (Å²) in [6.07, 6.45) is 1.89. The van der Waals surface area contributed by atoms with E-state index in [1.165, 1.54) is 23.5 Å². The Morgan fingerprint density at radius 2 is 2.00 bits per heavy atom. The molecule has 6 nitrogen and oxygen atoms in total. The van der Waals surface area contributed by atoms with Gasteiger partial charge in [-0.15, -0.1) is 23.5 Å². The van der Waals surface area contributed by atoms with Crippen LogP contribution in [0.3, 0.4) is 0 Å². The van der Waals surface area contributed by atoms with E-state index in [2.05, 4.69) is 11.1 Å². The highest BCUT2D eigenvalue weighted by Gasteiger charge is 2.35. The van der Waals surface area contributed by atoms with Crippen LogP contribution in [0.2, 0.25) is 0 Å². The van der Waals surface area contributed by atoms with Gasteiger partial charge in [-0.2, -0.15) is 5.26 Å². The number of aromatic nitrogens is 1. The molecule has 2 heterocycles. The molecule has 1 atom stereocenters. The minimum absolute atomic E-state index is 0.0369. The van der Waals surface area contributed by atoms with Crippen molar-refractivity contribution in [3.8, 4) is 17.6 Å². The van der Waals surface area contributed by atoms with Gasteiger partial charge in [-0.05, 0) is 30.5 Å². The third-order valence-corrected chi connectivity index (χ3v) is 6.20. The van der Waals surface area contributed by atoms with Crippen LogP contribution < -0.4 is 9.47 Å². The van der Waals surface area contributed by atoms with Crippen molar-refractivity contribution in [1.82, 2.24) is 9.88 Å². The maximum atomic E-state index is 12.6. The van der Waals surface area contributed by atoms with E-state index in [0.29, 0.717) is 34.4 Å². The first-order valence-corrected chi connectivity index (χ1v) is 10.5. The van der Waals surface area contributed by atoms with Gasteiger partial charge in [0.15, 0.2) is 0 Å². The van der Waals surface area contributed by atoms with Crippen molar-refractivity contribution in [1.29, 1.82) is 5.26 Å². The Morgan fingerprint density at radius 1 is 1.30 bits per heavy atom. The molecule has 0 radical (unpaired) electrons. The SMILES string of the molecule is COc1cccc(OC)c1CN1C(=O)CSC1c1ccc(C#N)c(SC)n1. The first kappa shape index (κ1) is 19.4. The van der Waals surface area contributed by atoms with Crippen LogP contribution in [0.25, 0.3) is 0 Å². The van der Waals surface area contributed by atoms with Crippen LogP contribution in [0.4, 0.5) is 0 Å². The van der Waals surface area contributed by atoms with E-state index in [4.69, 9.17) is 9.47 Å². The lowest BCUT2D eigenvalue weighted by molar-refractivity contribution is -0.128. The predicted octanol–water partition coefficient (Wildman–Crippen LogP) is 3.47. The number of nitrogens with zero attached hydrogens (tertiary/aromatic N) is 3. The highest BCUT2D eigenvalue weighted by molar-refractivity contribution is 8.00. The smallest absolute Gasteiger partial charge is 0.234 e. The normalized spacial score (nSPS) is 16.3. The third-order valence-electron chi connectivity index (χ3n) is 4.28. The van der Waals surface area contributed by atoms with Gasteiger partial charge in [-0.3, -0.25) is 4.79 Å². The molecule has 1 aromatic carbocycles. The molecule has 27 heavy (non-hydrogen) atoms. The van der Waals surface area contributed by atoms with Gasteiger partial charge in [0.1, 0.15) is 28.0 Å². The quantitative estimate of drug-likeness (QED) is 0.686. The highest BCUT2D eigenvalue weighted by atomic mass is 32.2. The number of amides is 1. The number of methoxy groups -OCH3 is 2. The Morgan fingerprint density at radius 3 is 2.59 bits per heavy atom. The zero-order valence-electron chi connectivity index (χ0n) is 15.3. The van der Waals surface area contributed by atoms with Crippen LogP contribution in [-0.2, 0) is 11.3 Å². The van der Waals surface area contributed by atoms with E-state index in [1.54, 1.807) is 25.2 Å². The number of thioether (sulfide) groups is 2. The Balaban J connectivity index is 1.96. The molecular formula is C19H19N3O3S2. The summed E-state index contributed by atoms with van der Waals surface area (Å²) in [7, 11) is 3.20. The van der Waals surface area contributed by atoms with Gasteiger partial charge in [-0.25, -0.2) is 4.98 Å². The lowest BCUT2D eigenvalue weighted by Gasteiger charge is -2.25. The molecular weight excluding hydrogens is 382 g/mol. The number of nitriles is 1. The van der Waals surface area contributed by atoms with Crippen LogP contribution in [0.15, 0.2) is 35.4 Å². The molecule has 0 aliphatic carbocycles. The molecule has 1 fully saturated rings. The number of benzene rings is 1. The largest absolute Gasteiger partial charge is 0.496 e. The first-order valence-electron chi connectivity index (χ1n) is 8.18. The number of pyridine rings is 1. The van der Waals surface area contributed by atoms with E-state index in [-0.39, 0.29) is 11.3 Å². The molecule has 8 heteroatoms. The van der Waals surface area contributed by atoms with Crippen LogP contribution in [0.5, 0.6) is 11.5 Å². The van der Waals surface area contributed by atoms with Gasteiger partial charge in [0.25, 0.3) is 0 Å². The molecule has 0 spiro atoms. The summed E-state index contributed by atoms with van der Waals surface area (Å²) >= 11 is 2.96. The van der Waals surface area contributed by atoms with Gasteiger partial charge >= 0.3 is 0 Å². The second-order valence-corrected chi connectivity index (χ2v) is 7.59. The van der Waals surface area contributed by atoms with Crippen molar-refractivity contribution < 1.29 is 14.3 Å². The summed E-state index contributed by atoms with van der Waals surface area (Å²) in [6, 6.07) is 11.3. The fourth-order valence-corrected chi connectivity index (χ4v) is 4.63. The van der Waals surface area contributed by atoms with Gasteiger partial charge in [0, 0.05) is 0 Å². The van der Waals surface area contributed by atoms with Gasteiger partial charge in [0.2, 0.25) is 5.91 Å². The maximum absolute atomic E-state index is 12.6. The van der Waals surface area contributed by atoms with Gasteiger partial charge < -0.3 is 14.4 Å². The van der Waals surface area contributed by atoms with Crippen molar-refractivity contribution >= 4 is 29.4 Å². The maximum Gasteiger partial charge on any atom is 0.234 e. The second-order valence-electron chi connectivity index (χ2n) is 5.73. The molecule has 0 N–H and O–H groups in total. The summed E-state index contributed by atoms with van der Waals surface area (Å²) in [4.78, 5) is 19.0. The number of hydrogen-bond acceptors (Lipinski definition) is 7. The molecule has 2 aromatic rings. The topological polar surface area (TPSA) is 75.5 Å². The zero-order valence-corrected chi connectivity index (χ0v) is 16.9. The van der Waals surface area contributed by atoms with Crippen LogP contribution in [-0.4, -0.2) is 42.0 Å². The van der Waals surface area contributed by atoms with Crippen molar-refractivity contribution in [3.63, 3.8) is 0 Å². The standard InChI is InChI=1S/C19H19N3O3S2/c1-24-15-5-4-6-16(25-2)13(15)10-22-17(23)11-27-19(22)14-8-7-12(9-20)18(21-14)26-3/h4-8,19H,10-11H2,1-3H3. The van der Waals surface area contributed by atoms with E-state index in [9.17, 15) is 10.1 Å². The highest BCUT2D eigenvalue weighted by Crippen LogP contribution is 2.41. The Kier molecular flexibility index (Phi) is 6.14. The predicted molar refractivity (Wildman–Crippen MR) is 106 cm³/mol. The summed E-state index contributed by atoms with van der Waals surface area (Å²) in [6.45, 7) is 0.361. The van der Waals surface area contributed by atoms with Crippen LogP contribution in [0, 0.1) is 11.3 Å². The Bertz CT molecular complexity index is 876. The average molecular weight is 402 g/mol. The van der Waals surface area contributed by atoms with Crippen molar-refractivity contribution in [2.75, 3.05) is 26.2 Å². The van der Waals surface area contributed by atoms with Crippen molar-refractivity contribution in [2.24, 2.45) is 0 Å². The number of hydrogen-bond donors (Lipinski definition) is 0. The number of carbonyl (C=O) groups excluding carboxylic acids is 1. The van der Waals surface area contributed by atoms with Crippen molar-refractivity contribution in [2.45, 2.75) is 16.9 Å². The molecule has 1 aromatic heterocycles. The number of rotatable bonds is 6. The van der Waals surface area contributed by atoms with E-state index in [0.717, 1.165) is 11.3 Å². The Labute approximate surface area is 166 Å². The fraction of sp³-hybridized carbons (Fsp3) is 0.316. The lowest BCUT2D eigenvalue weighted by Crippen LogP contribution is -2.28. The average Bonchev–Trinajstić information content (AvgIpc) is 3.07. The summed E-state index contributed by atoms with van der Waals surface area (Å²) in [5.41, 5.74) is 2.13. The number of carbonyl (C=O) groups is 1. The summed E-state index contributed by atoms with van der Waals surface area (Å²) < 4.78 is 10.9. The fourth-order valence-electron chi connectivity index (χ4n) is 2.96. The molecule has 3 rings (SSSR count). The van der Waals surface area contributed by atoms with E-state index >= 15 is 0 Å². The lowest BCUT2D eigenvalue weighted by atomic mass is 10.1. The molecule has 1 unspecified atom stereocenters. The van der Waals surface area contributed by atoms with Crippen molar-refractivity contribution in [3.05, 3.63) is 47.2 Å². The molecule has 0 bridgehead atoms. The zero-order chi connectivity index (χ0) is 19.4. The first-order chi connectivity index (χ1) is 13.1. The molecule has 1 saturated heterocycles. The van der Waals surface area contributed by atoms with Gasteiger partial charge in [-0.1, -0.05) is 6.07 Å². The summed E-state index contributed by atoms with van der Waals surface area (Å²) in [5, 5.41) is 9.66. The monoisotopic (exact) mass is 401 g/mol. The Hall–Kier alpha value is -2.37. The summed E-state index contributed by atoms with van der Waals surface area (Å²) in [5.74, 6) is 1.78.